The third kappa shape index (κ3) is 6.22. The van der Waals surface area contributed by atoms with E-state index in [1.165, 1.54) is 19.3 Å². The Morgan fingerprint density at radius 3 is 2.59 bits per heavy atom. The van der Waals surface area contributed by atoms with Crippen molar-refractivity contribution in [3.63, 3.8) is 0 Å². The van der Waals surface area contributed by atoms with Gasteiger partial charge in [0.25, 0.3) is 0 Å². The molecule has 17 heavy (non-hydrogen) atoms. The maximum atomic E-state index is 10.9. The van der Waals surface area contributed by atoms with Gasteiger partial charge >= 0.3 is 0 Å². The summed E-state index contributed by atoms with van der Waals surface area (Å²) in [5.41, 5.74) is 1.12. The standard InChI is InChI=1S/C15H22O2/c1-2-3-4-8-11-15(12-16)17-13-14-9-6-5-7-10-14/h5-7,9-10,12,15H,2-4,8,11,13H2,1H3. The highest BCUT2D eigenvalue weighted by molar-refractivity contribution is 5.55. The lowest BCUT2D eigenvalue weighted by atomic mass is 10.1. The molecular weight excluding hydrogens is 212 g/mol. The maximum absolute atomic E-state index is 10.9. The SMILES string of the molecule is CCCCCCC(C=O)OCc1ccccc1. The minimum absolute atomic E-state index is 0.243. The van der Waals surface area contributed by atoms with E-state index < -0.39 is 0 Å². The second-order valence-corrected chi connectivity index (χ2v) is 4.32. The molecule has 0 heterocycles. The minimum atomic E-state index is -0.243. The van der Waals surface area contributed by atoms with E-state index in [4.69, 9.17) is 4.74 Å². The first-order valence-corrected chi connectivity index (χ1v) is 6.47. The summed E-state index contributed by atoms with van der Waals surface area (Å²) in [6, 6.07) is 9.97. The van der Waals surface area contributed by atoms with Crippen LogP contribution < -0.4 is 0 Å². The van der Waals surface area contributed by atoms with E-state index in [1.807, 2.05) is 30.3 Å². The lowest BCUT2D eigenvalue weighted by molar-refractivity contribution is -0.119. The molecule has 94 valence electrons. The molecule has 0 saturated carbocycles. The van der Waals surface area contributed by atoms with E-state index in [1.54, 1.807) is 0 Å². The van der Waals surface area contributed by atoms with Crippen LogP contribution in [0.15, 0.2) is 30.3 Å². The van der Waals surface area contributed by atoms with Crippen molar-refractivity contribution in [1.82, 2.24) is 0 Å². The monoisotopic (exact) mass is 234 g/mol. The summed E-state index contributed by atoms with van der Waals surface area (Å²) in [5, 5.41) is 0. The quantitative estimate of drug-likeness (QED) is 0.480. The van der Waals surface area contributed by atoms with Crippen LogP contribution in [0, 0.1) is 0 Å². The van der Waals surface area contributed by atoms with Crippen LogP contribution in [0.3, 0.4) is 0 Å². The second-order valence-electron chi connectivity index (χ2n) is 4.32. The van der Waals surface area contributed by atoms with Crippen LogP contribution in [0.5, 0.6) is 0 Å². The molecule has 1 aromatic carbocycles. The molecule has 2 nitrogen and oxygen atoms in total. The minimum Gasteiger partial charge on any atom is -0.366 e. The van der Waals surface area contributed by atoms with Gasteiger partial charge in [-0.3, -0.25) is 0 Å². The third-order valence-electron chi connectivity index (χ3n) is 2.80. The molecular formula is C15H22O2. The van der Waals surface area contributed by atoms with Gasteiger partial charge < -0.3 is 9.53 Å². The lowest BCUT2D eigenvalue weighted by Gasteiger charge is -2.11. The molecule has 1 unspecified atom stereocenters. The Morgan fingerprint density at radius 1 is 1.18 bits per heavy atom. The number of hydrogen-bond acceptors (Lipinski definition) is 2. The fourth-order valence-corrected chi connectivity index (χ4v) is 1.74. The molecule has 0 aliphatic rings. The van der Waals surface area contributed by atoms with Gasteiger partial charge in [0.2, 0.25) is 0 Å². The first-order chi connectivity index (χ1) is 8.36. The molecule has 0 aliphatic heterocycles. The molecule has 1 rings (SSSR count). The Hall–Kier alpha value is -1.15. The number of benzene rings is 1. The molecule has 0 aromatic heterocycles. The molecule has 0 aliphatic carbocycles. The Kier molecular flexibility index (Phi) is 7.32. The first-order valence-electron chi connectivity index (χ1n) is 6.47. The van der Waals surface area contributed by atoms with Crippen LogP contribution in [0.1, 0.15) is 44.6 Å². The van der Waals surface area contributed by atoms with E-state index >= 15 is 0 Å². The number of rotatable bonds is 9. The highest BCUT2D eigenvalue weighted by Crippen LogP contribution is 2.09. The summed E-state index contributed by atoms with van der Waals surface area (Å²) in [6.07, 6.45) is 6.25. The van der Waals surface area contributed by atoms with Crippen molar-refractivity contribution >= 4 is 6.29 Å². The molecule has 0 amide bonds. The topological polar surface area (TPSA) is 26.3 Å². The van der Waals surface area contributed by atoms with Gasteiger partial charge in [0.15, 0.2) is 0 Å². The van der Waals surface area contributed by atoms with E-state index in [2.05, 4.69) is 6.92 Å². The predicted molar refractivity (Wildman–Crippen MR) is 69.8 cm³/mol. The zero-order chi connectivity index (χ0) is 12.3. The number of aldehydes is 1. The third-order valence-corrected chi connectivity index (χ3v) is 2.80. The summed E-state index contributed by atoms with van der Waals surface area (Å²) in [6.45, 7) is 2.71. The van der Waals surface area contributed by atoms with Crippen molar-refractivity contribution in [2.75, 3.05) is 0 Å². The summed E-state index contributed by atoms with van der Waals surface area (Å²) in [5.74, 6) is 0. The van der Waals surface area contributed by atoms with Crippen molar-refractivity contribution in [2.24, 2.45) is 0 Å². The molecule has 0 saturated heterocycles. The summed E-state index contributed by atoms with van der Waals surface area (Å²) >= 11 is 0. The van der Waals surface area contributed by atoms with Crippen molar-refractivity contribution < 1.29 is 9.53 Å². The zero-order valence-electron chi connectivity index (χ0n) is 10.6. The van der Waals surface area contributed by atoms with Crippen molar-refractivity contribution in [1.29, 1.82) is 0 Å². The summed E-state index contributed by atoms with van der Waals surface area (Å²) in [4.78, 5) is 10.9. The van der Waals surface area contributed by atoms with Crippen LogP contribution in [0.4, 0.5) is 0 Å². The lowest BCUT2D eigenvalue weighted by Crippen LogP contribution is -2.14. The number of carbonyl (C=O) groups excluding carboxylic acids is 1. The summed E-state index contributed by atoms with van der Waals surface area (Å²) in [7, 11) is 0. The molecule has 1 aromatic rings. The normalized spacial score (nSPS) is 12.3. The van der Waals surface area contributed by atoms with Crippen molar-refractivity contribution in [3.8, 4) is 0 Å². The van der Waals surface area contributed by atoms with Crippen LogP contribution in [-0.4, -0.2) is 12.4 Å². The fraction of sp³-hybridized carbons (Fsp3) is 0.533. The molecule has 0 bridgehead atoms. The number of carbonyl (C=O) groups is 1. The second kappa shape index (κ2) is 8.94. The van der Waals surface area contributed by atoms with E-state index in [0.29, 0.717) is 6.61 Å². The van der Waals surface area contributed by atoms with E-state index in [-0.39, 0.29) is 6.10 Å². The molecule has 0 radical (unpaired) electrons. The predicted octanol–water partition coefficient (Wildman–Crippen LogP) is 3.74. The van der Waals surface area contributed by atoms with Crippen LogP contribution in [0.2, 0.25) is 0 Å². The molecule has 0 fully saturated rings. The van der Waals surface area contributed by atoms with Gasteiger partial charge in [0.05, 0.1) is 6.61 Å². The Labute approximate surface area is 104 Å². The highest BCUT2D eigenvalue weighted by Gasteiger charge is 2.07. The van der Waals surface area contributed by atoms with E-state index in [0.717, 1.165) is 24.7 Å². The van der Waals surface area contributed by atoms with Gasteiger partial charge in [-0.1, -0.05) is 62.9 Å². The summed E-state index contributed by atoms with van der Waals surface area (Å²) < 4.78 is 5.59. The van der Waals surface area contributed by atoms with Gasteiger partial charge in [0.1, 0.15) is 12.4 Å². The van der Waals surface area contributed by atoms with Crippen molar-refractivity contribution in [2.45, 2.75) is 51.7 Å². The van der Waals surface area contributed by atoms with Gasteiger partial charge in [-0.2, -0.15) is 0 Å². The molecule has 0 spiro atoms. The van der Waals surface area contributed by atoms with Gasteiger partial charge in [0, 0.05) is 0 Å². The Balaban J connectivity index is 2.20. The highest BCUT2D eigenvalue weighted by atomic mass is 16.5. The van der Waals surface area contributed by atoms with E-state index in [9.17, 15) is 4.79 Å². The smallest absolute Gasteiger partial charge is 0.148 e. The maximum Gasteiger partial charge on any atom is 0.148 e. The number of hydrogen-bond donors (Lipinski definition) is 0. The first kappa shape index (κ1) is 13.9. The number of ether oxygens (including phenoxy) is 1. The zero-order valence-corrected chi connectivity index (χ0v) is 10.6. The van der Waals surface area contributed by atoms with Gasteiger partial charge in [-0.15, -0.1) is 0 Å². The average Bonchev–Trinajstić information content (AvgIpc) is 2.39. The van der Waals surface area contributed by atoms with Crippen molar-refractivity contribution in [3.05, 3.63) is 35.9 Å². The Morgan fingerprint density at radius 2 is 1.94 bits per heavy atom. The van der Waals surface area contributed by atoms with Crippen LogP contribution in [0.25, 0.3) is 0 Å². The van der Waals surface area contributed by atoms with Gasteiger partial charge in [-0.25, -0.2) is 0 Å². The Bertz CT molecular complexity index is 295. The van der Waals surface area contributed by atoms with Crippen LogP contribution >= 0.6 is 0 Å². The largest absolute Gasteiger partial charge is 0.366 e. The average molecular weight is 234 g/mol. The van der Waals surface area contributed by atoms with Crippen LogP contribution in [-0.2, 0) is 16.1 Å². The number of unbranched alkanes of at least 4 members (excludes halogenated alkanes) is 3. The molecule has 1 atom stereocenters. The fourth-order valence-electron chi connectivity index (χ4n) is 1.74. The molecule has 0 N–H and O–H groups in total. The molecule has 2 heteroatoms. The van der Waals surface area contributed by atoms with Gasteiger partial charge in [-0.05, 0) is 12.0 Å².